The van der Waals surface area contributed by atoms with Crippen LogP contribution in [0.5, 0.6) is 5.75 Å². The van der Waals surface area contributed by atoms with Gasteiger partial charge in [0.2, 0.25) is 5.91 Å². The van der Waals surface area contributed by atoms with Crippen molar-refractivity contribution in [2.24, 2.45) is 0 Å². The van der Waals surface area contributed by atoms with E-state index >= 15 is 0 Å². The van der Waals surface area contributed by atoms with Crippen LogP contribution in [0.2, 0.25) is 0 Å². The molecule has 0 aromatic heterocycles. The lowest BCUT2D eigenvalue weighted by atomic mass is 10.1. The molecule has 0 radical (unpaired) electrons. The largest absolute Gasteiger partial charge is 0.494 e. The van der Waals surface area contributed by atoms with E-state index in [0.717, 1.165) is 30.2 Å². The van der Waals surface area contributed by atoms with Gasteiger partial charge < -0.3 is 20.3 Å². The smallest absolute Gasteiger partial charge is 0.243 e. The van der Waals surface area contributed by atoms with E-state index in [1.807, 2.05) is 43.3 Å². The van der Waals surface area contributed by atoms with Gasteiger partial charge in [-0.1, -0.05) is 12.1 Å². The molecule has 1 aliphatic rings. The van der Waals surface area contributed by atoms with Crippen LogP contribution in [-0.4, -0.2) is 32.1 Å². The number of carbonyl (C=O) groups is 1. The summed E-state index contributed by atoms with van der Waals surface area (Å²) >= 11 is 0. The van der Waals surface area contributed by atoms with Gasteiger partial charge in [0.05, 0.1) is 24.5 Å². The zero-order valence-corrected chi connectivity index (χ0v) is 15.3. The standard InChI is InChI=1S/C21H27N3O2/c1-2-26-18-12-10-17(11-13-18)23-21(25)16-22-19-8-4-5-9-20(19)24-14-6-3-7-15-24/h4-5,8-13,22H,2-3,6-7,14-16H2,1H3,(H,23,25). The van der Waals surface area contributed by atoms with Crippen LogP contribution in [0.15, 0.2) is 48.5 Å². The maximum absolute atomic E-state index is 12.3. The molecule has 3 rings (SSSR count). The number of carbonyl (C=O) groups excluding carboxylic acids is 1. The lowest BCUT2D eigenvalue weighted by Crippen LogP contribution is -2.30. The predicted octanol–water partition coefficient (Wildman–Crippen LogP) is 4.13. The van der Waals surface area contributed by atoms with E-state index < -0.39 is 0 Å². The maximum Gasteiger partial charge on any atom is 0.243 e. The van der Waals surface area contributed by atoms with Crippen LogP contribution in [0.1, 0.15) is 26.2 Å². The highest BCUT2D eigenvalue weighted by atomic mass is 16.5. The van der Waals surface area contributed by atoms with Gasteiger partial charge in [-0.3, -0.25) is 4.79 Å². The SMILES string of the molecule is CCOc1ccc(NC(=O)CNc2ccccc2N2CCCCC2)cc1. The summed E-state index contributed by atoms with van der Waals surface area (Å²) in [6.45, 7) is 4.97. The minimum atomic E-state index is -0.0670. The maximum atomic E-state index is 12.3. The van der Waals surface area contributed by atoms with E-state index in [2.05, 4.69) is 27.7 Å². The fraction of sp³-hybridized carbons (Fsp3) is 0.381. The fourth-order valence-electron chi connectivity index (χ4n) is 3.22. The summed E-state index contributed by atoms with van der Waals surface area (Å²) in [4.78, 5) is 14.7. The monoisotopic (exact) mass is 353 g/mol. The molecule has 1 aliphatic heterocycles. The average Bonchev–Trinajstić information content (AvgIpc) is 2.69. The van der Waals surface area contributed by atoms with Gasteiger partial charge in [-0.2, -0.15) is 0 Å². The number of nitrogens with one attached hydrogen (secondary N) is 2. The molecule has 0 aliphatic carbocycles. The first-order valence-electron chi connectivity index (χ1n) is 9.37. The number of rotatable bonds is 7. The number of nitrogens with zero attached hydrogens (tertiary/aromatic N) is 1. The quantitative estimate of drug-likeness (QED) is 0.786. The zero-order chi connectivity index (χ0) is 18.2. The average molecular weight is 353 g/mol. The highest BCUT2D eigenvalue weighted by molar-refractivity contribution is 5.94. The molecule has 5 nitrogen and oxygen atoms in total. The molecule has 1 fully saturated rings. The molecule has 1 heterocycles. The summed E-state index contributed by atoms with van der Waals surface area (Å²) in [5.41, 5.74) is 2.96. The molecule has 2 aromatic rings. The number of para-hydroxylation sites is 2. The predicted molar refractivity (Wildman–Crippen MR) is 107 cm³/mol. The van der Waals surface area contributed by atoms with Crippen LogP contribution in [0.3, 0.4) is 0 Å². The van der Waals surface area contributed by atoms with E-state index in [1.54, 1.807) is 0 Å². The van der Waals surface area contributed by atoms with Gasteiger partial charge in [0.25, 0.3) is 0 Å². The van der Waals surface area contributed by atoms with Crippen LogP contribution < -0.4 is 20.3 Å². The number of benzene rings is 2. The van der Waals surface area contributed by atoms with Crippen molar-refractivity contribution in [1.82, 2.24) is 0 Å². The summed E-state index contributed by atoms with van der Waals surface area (Å²) in [5.74, 6) is 0.738. The Labute approximate surface area is 155 Å². The summed E-state index contributed by atoms with van der Waals surface area (Å²) in [6.07, 6.45) is 3.76. The highest BCUT2D eigenvalue weighted by Crippen LogP contribution is 2.28. The van der Waals surface area contributed by atoms with Crippen LogP contribution in [0.4, 0.5) is 17.1 Å². The summed E-state index contributed by atoms with van der Waals surface area (Å²) < 4.78 is 5.41. The molecule has 5 heteroatoms. The Kier molecular flexibility index (Phi) is 6.36. The van der Waals surface area contributed by atoms with Crippen molar-refractivity contribution in [1.29, 1.82) is 0 Å². The van der Waals surface area contributed by atoms with Gasteiger partial charge in [-0.15, -0.1) is 0 Å². The normalized spacial score (nSPS) is 14.0. The lowest BCUT2D eigenvalue weighted by Gasteiger charge is -2.30. The number of hydrogen-bond donors (Lipinski definition) is 2. The summed E-state index contributed by atoms with van der Waals surface area (Å²) in [7, 11) is 0. The Bertz CT molecular complexity index is 709. The van der Waals surface area contributed by atoms with Crippen LogP contribution in [0, 0.1) is 0 Å². The third-order valence-corrected chi connectivity index (χ3v) is 4.49. The van der Waals surface area contributed by atoms with Crippen molar-refractivity contribution in [3.05, 3.63) is 48.5 Å². The van der Waals surface area contributed by atoms with Crippen LogP contribution in [0.25, 0.3) is 0 Å². The third kappa shape index (κ3) is 4.91. The minimum Gasteiger partial charge on any atom is -0.494 e. The molecule has 26 heavy (non-hydrogen) atoms. The molecule has 2 aromatic carbocycles. The van der Waals surface area contributed by atoms with Crippen molar-refractivity contribution < 1.29 is 9.53 Å². The second-order valence-electron chi connectivity index (χ2n) is 6.42. The first kappa shape index (κ1) is 18.1. The molecule has 0 unspecified atom stereocenters. The highest BCUT2D eigenvalue weighted by Gasteiger charge is 2.14. The Balaban J connectivity index is 1.56. The number of ether oxygens (including phenoxy) is 1. The first-order chi connectivity index (χ1) is 12.8. The lowest BCUT2D eigenvalue weighted by molar-refractivity contribution is -0.114. The molecular weight excluding hydrogens is 326 g/mol. The van der Waals surface area contributed by atoms with Crippen molar-refractivity contribution in [3.8, 4) is 5.75 Å². The van der Waals surface area contributed by atoms with Crippen molar-refractivity contribution in [2.45, 2.75) is 26.2 Å². The van der Waals surface area contributed by atoms with E-state index in [4.69, 9.17) is 4.74 Å². The van der Waals surface area contributed by atoms with Crippen molar-refractivity contribution in [3.63, 3.8) is 0 Å². The molecule has 0 atom stereocenters. The van der Waals surface area contributed by atoms with Gasteiger partial charge in [0.15, 0.2) is 0 Å². The Hall–Kier alpha value is -2.69. The van der Waals surface area contributed by atoms with Gasteiger partial charge in [0.1, 0.15) is 5.75 Å². The Morgan fingerprint density at radius 1 is 1.04 bits per heavy atom. The van der Waals surface area contributed by atoms with E-state index in [0.29, 0.717) is 6.61 Å². The summed E-state index contributed by atoms with van der Waals surface area (Å²) in [5, 5.41) is 6.19. The van der Waals surface area contributed by atoms with E-state index in [9.17, 15) is 4.79 Å². The van der Waals surface area contributed by atoms with E-state index in [-0.39, 0.29) is 12.5 Å². The number of anilines is 3. The second-order valence-corrected chi connectivity index (χ2v) is 6.42. The Morgan fingerprint density at radius 2 is 1.77 bits per heavy atom. The van der Waals surface area contributed by atoms with Gasteiger partial charge in [0, 0.05) is 18.8 Å². The number of piperidine rings is 1. The molecule has 138 valence electrons. The molecule has 2 N–H and O–H groups in total. The molecular formula is C21H27N3O2. The molecule has 1 amide bonds. The van der Waals surface area contributed by atoms with Crippen molar-refractivity contribution >= 4 is 23.0 Å². The van der Waals surface area contributed by atoms with E-state index in [1.165, 1.54) is 24.9 Å². The van der Waals surface area contributed by atoms with Gasteiger partial charge in [-0.05, 0) is 62.6 Å². The molecule has 0 bridgehead atoms. The Morgan fingerprint density at radius 3 is 2.50 bits per heavy atom. The third-order valence-electron chi connectivity index (χ3n) is 4.49. The molecule has 0 saturated carbocycles. The topological polar surface area (TPSA) is 53.6 Å². The first-order valence-corrected chi connectivity index (χ1v) is 9.37. The van der Waals surface area contributed by atoms with Crippen LogP contribution in [-0.2, 0) is 4.79 Å². The zero-order valence-electron chi connectivity index (χ0n) is 15.3. The van der Waals surface area contributed by atoms with Crippen molar-refractivity contribution in [2.75, 3.05) is 41.8 Å². The van der Waals surface area contributed by atoms with Gasteiger partial charge >= 0.3 is 0 Å². The number of amides is 1. The molecule has 1 saturated heterocycles. The van der Waals surface area contributed by atoms with Gasteiger partial charge in [-0.25, -0.2) is 0 Å². The number of hydrogen-bond acceptors (Lipinski definition) is 4. The van der Waals surface area contributed by atoms with Crippen LogP contribution >= 0.6 is 0 Å². The summed E-state index contributed by atoms with van der Waals surface area (Å²) in [6, 6.07) is 15.6. The minimum absolute atomic E-state index is 0.0670. The molecule has 0 spiro atoms. The second kappa shape index (κ2) is 9.13. The fourth-order valence-corrected chi connectivity index (χ4v) is 3.22.